The molecule has 0 atom stereocenters. The number of aromatic nitrogens is 6. The second kappa shape index (κ2) is 8.01. The first-order chi connectivity index (χ1) is 13.7. The van der Waals surface area contributed by atoms with Crippen molar-refractivity contribution in [1.29, 1.82) is 0 Å². The van der Waals surface area contributed by atoms with Gasteiger partial charge in [0.2, 0.25) is 17.0 Å². The largest absolute Gasteiger partial charge is 0.403 e. The summed E-state index contributed by atoms with van der Waals surface area (Å²) in [6.07, 6.45) is 0. The Morgan fingerprint density at radius 3 is 2.68 bits per heavy atom. The molecular weight excluding hydrogens is 378 g/mol. The number of para-hydroxylation sites is 1. The zero-order valence-corrected chi connectivity index (χ0v) is 15.6. The lowest BCUT2D eigenvalue weighted by Gasteiger charge is -2.06. The van der Waals surface area contributed by atoms with Gasteiger partial charge in [0.1, 0.15) is 0 Å². The molecule has 0 aliphatic carbocycles. The number of tetrazole rings is 1. The van der Waals surface area contributed by atoms with Crippen LogP contribution in [0.1, 0.15) is 5.56 Å². The monoisotopic (exact) mass is 393 g/mol. The third kappa shape index (κ3) is 3.91. The molecule has 0 unspecified atom stereocenters. The van der Waals surface area contributed by atoms with Crippen molar-refractivity contribution < 1.29 is 9.21 Å². The zero-order valence-electron chi connectivity index (χ0n) is 14.8. The van der Waals surface area contributed by atoms with E-state index in [1.807, 2.05) is 61.5 Å². The smallest absolute Gasteiger partial charge is 0.322 e. The van der Waals surface area contributed by atoms with Crippen LogP contribution >= 0.6 is 11.8 Å². The lowest BCUT2D eigenvalue weighted by Crippen LogP contribution is -2.15. The van der Waals surface area contributed by atoms with Gasteiger partial charge in [-0.15, -0.1) is 10.2 Å². The quantitative estimate of drug-likeness (QED) is 0.498. The number of carbonyl (C=O) groups is 1. The van der Waals surface area contributed by atoms with Gasteiger partial charge in [-0.05, 0) is 41.1 Å². The van der Waals surface area contributed by atoms with Gasteiger partial charge in [0, 0.05) is 5.56 Å². The van der Waals surface area contributed by atoms with Crippen LogP contribution in [-0.4, -0.2) is 42.1 Å². The topological polar surface area (TPSA) is 112 Å². The molecule has 1 amide bonds. The van der Waals surface area contributed by atoms with Crippen LogP contribution in [0.4, 0.5) is 6.01 Å². The molecule has 0 aliphatic rings. The maximum absolute atomic E-state index is 12.2. The number of nitrogens with one attached hydrogen (secondary N) is 1. The van der Waals surface area contributed by atoms with Crippen molar-refractivity contribution in [2.24, 2.45) is 0 Å². The molecule has 0 saturated carbocycles. The third-order valence-corrected chi connectivity index (χ3v) is 4.73. The van der Waals surface area contributed by atoms with Crippen LogP contribution < -0.4 is 5.32 Å². The summed E-state index contributed by atoms with van der Waals surface area (Å²) in [4.78, 5) is 12.2. The number of thioether (sulfide) groups is 1. The first kappa shape index (κ1) is 17.9. The van der Waals surface area contributed by atoms with Crippen molar-refractivity contribution in [3.63, 3.8) is 0 Å². The highest BCUT2D eigenvalue weighted by molar-refractivity contribution is 7.99. The van der Waals surface area contributed by atoms with Crippen LogP contribution in [0.2, 0.25) is 0 Å². The number of nitrogens with zero attached hydrogens (tertiary/aromatic N) is 6. The van der Waals surface area contributed by atoms with E-state index in [1.54, 1.807) is 4.68 Å². The van der Waals surface area contributed by atoms with E-state index in [0.29, 0.717) is 11.0 Å². The number of aryl methyl sites for hydroxylation is 1. The Labute approximate surface area is 164 Å². The van der Waals surface area contributed by atoms with E-state index >= 15 is 0 Å². The summed E-state index contributed by atoms with van der Waals surface area (Å²) < 4.78 is 7.08. The summed E-state index contributed by atoms with van der Waals surface area (Å²) in [5.74, 6) is 0.134. The van der Waals surface area contributed by atoms with E-state index in [9.17, 15) is 4.79 Å². The number of carbonyl (C=O) groups excluding carboxylic acids is 1. The van der Waals surface area contributed by atoms with Crippen LogP contribution in [0.5, 0.6) is 0 Å². The Morgan fingerprint density at radius 1 is 1.07 bits per heavy atom. The predicted molar refractivity (Wildman–Crippen MR) is 103 cm³/mol. The summed E-state index contributed by atoms with van der Waals surface area (Å²) in [6, 6.07) is 17.1. The summed E-state index contributed by atoms with van der Waals surface area (Å²) in [6.45, 7) is 1.97. The van der Waals surface area contributed by atoms with Crippen molar-refractivity contribution in [2.75, 3.05) is 11.1 Å². The predicted octanol–water partition coefficient (Wildman–Crippen LogP) is 2.75. The van der Waals surface area contributed by atoms with Gasteiger partial charge in [0.25, 0.3) is 0 Å². The Kier molecular flexibility index (Phi) is 5.11. The second-order valence-corrected chi connectivity index (χ2v) is 6.72. The maximum Gasteiger partial charge on any atom is 0.322 e. The summed E-state index contributed by atoms with van der Waals surface area (Å²) in [5.41, 5.74) is 2.67. The molecule has 4 aromatic rings. The molecule has 0 fully saturated rings. The van der Waals surface area contributed by atoms with Crippen LogP contribution in [0.25, 0.3) is 17.1 Å². The Morgan fingerprint density at radius 2 is 1.86 bits per heavy atom. The molecule has 4 rings (SSSR count). The number of hydrogen-bond donors (Lipinski definition) is 1. The zero-order chi connectivity index (χ0) is 19.3. The van der Waals surface area contributed by atoms with Gasteiger partial charge in [-0.2, -0.15) is 4.68 Å². The Hall–Kier alpha value is -3.53. The van der Waals surface area contributed by atoms with Crippen LogP contribution in [0, 0.1) is 6.92 Å². The molecule has 28 heavy (non-hydrogen) atoms. The van der Waals surface area contributed by atoms with E-state index in [2.05, 4.69) is 31.0 Å². The van der Waals surface area contributed by atoms with E-state index in [-0.39, 0.29) is 17.7 Å². The first-order valence-corrected chi connectivity index (χ1v) is 9.35. The van der Waals surface area contributed by atoms with Gasteiger partial charge in [-0.25, -0.2) is 0 Å². The first-order valence-electron chi connectivity index (χ1n) is 8.36. The van der Waals surface area contributed by atoms with Gasteiger partial charge in [-0.1, -0.05) is 53.3 Å². The molecular formula is C18H15N7O2S. The van der Waals surface area contributed by atoms with E-state index in [4.69, 9.17) is 4.42 Å². The van der Waals surface area contributed by atoms with Gasteiger partial charge >= 0.3 is 6.01 Å². The summed E-state index contributed by atoms with van der Waals surface area (Å²) in [5, 5.41) is 22.6. The fraction of sp³-hybridized carbons (Fsp3) is 0.111. The highest BCUT2D eigenvalue weighted by Gasteiger charge is 2.15. The summed E-state index contributed by atoms with van der Waals surface area (Å²) in [7, 11) is 0. The molecule has 0 aliphatic heterocycles. The normalized spacial score (nSPS) is 10.8. The Bertz CT molecular complexity index is 1090. The van der Waals surface area contributed by atoms with Crippen molar-refractivity contribution >= 4 is 23.7 Å². The number of anilines is 1. The van der Waals surface area contributed by atoms with Gasteiger partial charge in [0.05, 0.1) is 11.4 Å². The van der Waals surface area contributed by atoms with Crippen molar-refractivity contribution in [3.8, 4) is 17.1 Å². The molecule has 10 heteroatoms. The van der Waals surface area contributed by atoms with E-state index < -0.39 is 0 Å². The third-order valence-electron chi connectivity index (χ3n) is 3.81. The molecule has 2 aromatic heterocycles. The van der Waals surface area contributed by atoms with Crippen molar-refractivity contribution in [1.82, 2.24) is 30.4 Å². The van der Waals surface area contributed by atoms with Gasteiger partial charge < -0.3 is 4.42 Å². The van der Waals surface area contributed by atoms with Crippen LogP contribution in [0.15, 0.2) is 64.2 Å². The summed E-state index contributed by atoms with van der Waals surface area (Å²) >= 11 is 1.21. The number of amides is 1. The fourth-order valence-corrected chi connectivity index (χ4v) is 3.16. The lowest BCUT2D eigenvalue weighted by atomic mass is 10.2. The fourth-order valence-electron chi connectivity index (χ4n) is 2.48. The SMILES string of the molecule is Cc1ccccc1-n1nnnc1SCC(=O)Nc1nnc(-c2ccccc2)o1. The lowest BCUT2D eigenvalue weighted by molar-refractivity contribution is -0.113. The highest BCUT2D eigenvalue weighted by atomic mass is 32.2. The number of hydrogen-bond acceptors (Lipinski definition) is 8. The minimum Gasteiger partial charge on any atom is -0.403 e. The standard InChI is InChI=1S/C18H15N7O2S/c1-12-7-5-6-10-14(12)25-18(22-23-24-25)28-11-15(26)19-17-21-20-16(27-17)13-8-3-2-4-9-13/h2-10H,11H2,1H3,(H,19,21,26). The molecule has 9 nitrogen and oxygen atoms in total. The molecule has 1 N–H and O–H groups in total. The van der Waals surface area contributed by atoms with Crippen molar-refractivity contribution in [2.45, 2.75) is 12.1 Å². The molecule has 0 saturated heterocycles. The van der Waals surface area contributed by atoms with Gasteiger partial charge in [-0.3, -0.25) is 10.1 Å². The molecule has 2 aromatic carbocycles. The van der Waals surface area contributed by atoms with E-state index in [0.717, 1.165) is 16.8 Å². The average Bonchev–Trinajstić information content (AvgIpc) is 3.37. The van der Waals surface area contributed by atoms with Gasteiger partial charge in [0.15, 0.2) is 0 Å². The number of benzene rings is 2. The average molecular weight is 393 g/mol. The molecule has 2 heterocycles. The maximum atomic E-state index is 12.2. The number of rotatable bonds is 6. The molecule has 0 radical (unpaired) electrons. The minimum absolute atomic E-state index is 0.0444. The molecule has 0 spiro atoms. The van der Waals surface area contributed by atoms with Crippen LogP contribution in [-0.2, 0) is 4.79 Å². The molecule has 0 bridgehead atoms. The molecule has 140 valence electrons. The second-order valence-electron chi connectivity index (χ2n) is 5.77. The highest BCUT2D eigenvalue weighted by Crippen LogP contribution is 2.22. The Balaban J connectivity index is 1.39. The minimum atomic E-state index is -0.299. The van der Waals surface area contributed by atoms with Crippen molar-refractivity contribution in [3.05, 3.63) is 60.2 Å². The van der Waals surface area contributed by atoms with E-state index in [1.165, 1.54) is 11.8 Å². The van der Waals surface area contributed by atoms with Crippen LogP contribution in [0.3, 0.4) is 0 Å².